The average Bonchev–Trinajstić information content (AvgIpc) is 2.70. The van der Waals surface area contributed by atoms with Crippen LogP contribution in [0.1, 0.15) is 23.7 Å². The van der Waals surface area contributed by atoms with Crippen molar-refractivity contribution < 1.29 is 21.9 Å². The summed E-state index contributed by atoms with van der Waals surface area (Å²) in [6.07, 6.45) is 1.80. The second kappa shape index (κ2) is 11.5. The molecule has 0 aliphatic carbocycles. The van der Waals surface area contributed by atoms with Gasteiger partial charge in [-0.15, -0.1) is 0 Å². The molecule has 1 aromatic heterocycles. The van der Waals surface area contributed by atoms with E-state index in [0.29, 0.717) is 13.2 Å². The highest BCUT2D eigenvalue weighted by atomic mass is 35.5. The summed E-state index contributed by atoms with van der Waals surface area (Å²) in [4.78, 5) is 4.31. The zero-order chi connectivity index (χ0) is 18.9. The first-order chi connectivity index (χ1) is 13.2. The van der Waals surface area contributed by atoms with Gasteiger partial charge in [-0.05, 0) is 54.4 Å². The van der Waals surface area contributed by atoms with Crippen LogP contribution in [0, 0.1) is 0 Å². The maximum absolute atomic E-state index is 5.95. The number of hydrogen-bond acceptors (Lipinski definition) is 4. The van der Waals surface area contributed by atoms with E-state index >= 15 is 0 Å². The van der Waals surface area contributed by atoms with E-state index in [-0.39, 0.29) is 12.4 Å². The molecular weight excluding hydrogens is 395 g/mol. The van der Waals surface area contributed by atoms with Crippen LogP contribution in [-0.2, 0) is 19.7 Å². The molecule has 0 saturated carbocycles. The van der Waals surface area contributed by atoms with E-state index in [1.807, 2.05) is 67.6 Å². The normalized spacial score (nSPS) is 10.2. The maximum Gasteiger partial charge on any atom is 0.161 e. The number of benzene rings is 2. The molecule has 0 spiro atoms. The molecule has 3 rings (SSSR count). The SMILES string of the molecule is CCOc1cc(CNCc2ccccn2)ccc1OCc1ccc(Cl)cc1.[Cl-]. The average molecular weight is 418 g/mol. The quantitative estimate of drug-likeness (QED) is 0.578. The summed E-state index contributed by atoms with van der Waals surface area (Å²) in [5.74, 6) is 1.49. The van der Waals surface area contributed by atoms with Crippen LogP contribution in [0.3, 0.4) is 0 Å². The molecule has 0 aliphatic heterocycles. The largest absolute Gasteiger partial charge is 1.00 e. The van der Waals surface area contributed by atoms with Gasteiger partial charge in [0.05, 0.1) is 12.3 Å². The number of aromatic nitrogens is 1. The van der Waals surface area contributed by atoms with E-state index in [1.54, 1.807) is 6.20 Å². The van der Waals surface area contributed by atoms with Crippen LogP contribution >= 0.6 is 11.6 Å². The highest BCUT2D eigenvalue weighted by molar-refractivity contribution is 6.30. The Morgan fingerprint density at radius 3 is 2.39 bits per heavy atom. The summed E-state index contributed by atoms with van der Waals surface area (Å²) < 4.78 is 11.7. The highest BCUT2D eigenvalue weighted by Crippen LogP contribution is 2.29. The molecule has 0 atom stereocenters. The van der Waals surface area contributed by atoms with Gasteiger partial charge in [-0.3, -0.25) is 4.98 Å². The molecule has 0 amide bonds. The zero-order valence-corrected chi connectivity index (χ0v) is 17.2. The Kier molecular flexibility index (Phi) is 9.08. The van der Waals surface area contributed by atoms with Gasteiger partial charge < -0.3 is 27.2 Å². The molecule has 0 radical (unpaired) electrons. The van der Waals surface area contributed by atoms with Crippen molar-refractivity contribution in [1.82, 2.24) is 10.3 Å². The van der Waals surface area contributed by atoms with Gasteiger partial charge in [-0.2, -0.15) is 0 Å². The molecule has 0 fully saturated rings. The summed E-state index contributed by atoms with van der Waals surface area (Å²) in [6, 6.07) is 19.6. The monoisotopic (exact) mass is 417 g/mol. The van der Waals surface area contributed by atoms with Crippen LogP contribution in [0.4, 0.5) is 0 Å². The second-order valence-corrected chi connectivity index (χ2v) is 6.49. The lowest BCUT2D eigenvalue weighted by molar-refractivity contribution is -0.00000626. The summed E-state index contributed by atoms with van der Waals surface area (Å²) in [7, 11) is 0. The van der Waals surface area contributed by atoms with E-state index in [4.69, 9.17) is 21.1 Å². The molecule has 0 unspecified atom stereocenters. The summed E-state index contributed by atoms with van der Waals surface area (Å²) in [5.41, 5.74) is 3.21. The number of halogens is 2. The Balaban J connectivity index is 0.00000280. The molecule has 2 aromatic carbocycles. The fourth-order valence-corrected chi connectivity index (χ4v) is 2.76. The number of nitrogens with zero attached hydrogens (tertiary/aromatic N) is 1. The van der Waals surface area contributed by atoms with Gasteiger partial charge in [0, 0.05) is 24.3 Å². The zero-order valence-electron chi connectivity index (χ0n) is 15.7. The Morgan fingerprint density at radius 2 is 1.68 bits per heavy atom. The van der Waals surface area contributed by atoms with Crippen LogP contribution in [0.5, 0.6) is 11.5 Å². The van der Waals surface area contributed by atoms with E-state index < -0.39 is 0 Å². The van der Waals surface area contributed by atoms with Crippen LogP contribution in [-0.4, -0.2) is 11.6 Å². The molecule has 148 valence electrons. The Morgan fingerprint density at radius 1 is 0.893 bits per heavy atom. The van der Waals surface area contributed by atoms with Gasteiger partial charge in [0.25, 0.3) is 0 Å². The fraction of sp³-hybridized carbons (Fsp3) is 0.227. The minimum atomic E-state index is 0. The number of rotatable bonds is 9. The molecule has 28 heavy (non-hydrogen) atoms. The minimum absolute atomic E-state index is 0. The van der Waals surface area contributed by atoms with Gasteiger partial charge in [0.2, 0.25) is 0 Å². The number of ether oxygens (including phenoxy) is 2. The molecule has 3 aromatic rings. The standard InChI is InChI=1S/C22H23ClN2O2.ClH/c1-2-26-22-13-18(14-24-15-20-5-3-4-12-25-20)8-11-21(22)27-16-17-6-9-19(23)10-7-17;/h3-13,24H,2,14-16H2,1H3;1H/p-1. The van der Waals surface area contributed by atoms with Crippen molar-refractivity contribution in [3.63, 3.8) is 0 Å². The molecule has 0 saturated heterocycles. The first-order valence-electron chi connectivity index (χ1n) is 8.98. The van der Waals surface area contributed by atoms with Gasteiger partial charge in [-0.1, -0.05) is 35.9 Å². The van der Waals surface area contributed by atoms with E-state index in [9.17, 15) is 0 Å². The predicted molar refractivity (Wildman–Crippen MR) is 108 cm³/mol. The molecular formula is C22H23Cl2N2O2-. The van der Waals surface area contributed by atoms with Crippen molar-refractivity contribution in [2.75, 3.05) is 6.61 Å². The topological polar surface area (TPSA) is 43.4 Å². The lowest BCUT2D eigenvalue weighted by atomic mass is 10.2. The lowest BCUT2D eigenvalue weighted by Crippen LogP contribution is -3.00. The van der Waals surface area contributed by atoms with Crippen molar-refractivity contribution in [3.8, 4) is 11.5 Å². The first kappa shape index (κ1) is 22.0. The number of pyridine rings is 1. The minimum Gasteiger partial charge on any atom is -1.00 e. The molecule has 0 aliphatic rings. The third kappa shape index (κ3) is 6.71. The molecule has 6 heteroatoms. The summed E-state index contributed by atoms with van der Waals surface area (Å²) in [5, 5.41) is 4.12. The molecule has 4 nitrogen and oxygen atoms in total. The van der Waals surface area contributed by atoms with E-state index in [1.165, 1.54) is 0 Å². The fourth-order valence-electron chi connectivity index (χ4n) is 2.63. The first-order valence-corrected chi connectivity index (χ1v) is 9.36. The summed E-state index contributed by atoms with van der Waals surface area (Å²) in [6.45, 7) is 4.47. The maximum atomic E-state index is 5.95. The van der Waals surface area contributed by atoms with Gasteiger partial charge >= 0.3 is 0 Å². The Hall–Kier alpha value is -2.27. The highest BCUT2D eigenvalue weighted by Gasteiger charge is 2.07. The van der Waals surface area contributed by atoms with Crippen LogP contribution in [0.15, 0.2) is 66.9 Å². The van der Waals surface area contributed by atoms with Crippen LogP contribution < -0.4 is 27.2 Å². The predicted octanol–water partition coefficient (Wildman–Crippen LogP) is 2.01. The molecule has 0 bridgehead atoms. The summed E-state index contributed by atoms with van der Waals surface area (Å²) >= 11 is 5.92. The van der Waals surface area contributed by atoms with Crippen molar-refractivity contribution in [2.24, 2.45) is 0 Å². The van der Waals surface area contributed by atoms with Crippen molar-refractivity contribution >= 4 is 11.6 Å². The van der Waals surface area contributed by atoms with Gasteiger partial charge in [0.1, 0.15) is 6.61 Å². The third-order valence-electron chi connectivity index (χ3n) is 3.98. The van der Waals surface area contributed by atoms with Gasteiger partial charge in [-0.25, -0.2) is 0 Å². The smallest absolute Gasteiger partial charge is 0.161 e. The third-order valence-corrected chi connectivity index (χ3v) is 4.23. The van der Waals surface area contributed by atoms with Crippen molar-refractivity contribution in [2.45, 2.75) is 26.6 Å². The number of hydrogen-bond donors (Lipinski definition) is 1. The van der Waals surface area contributed by atoms with Crippen molar-refractivity contribution in [1.29, 1.82) is 0 Å². The number of nitrogens with one attached hydrogen (secondary N) is 1. The lowest BCUT2D eigenvalue weighted by Gasteiger charge is -2.14. The van der Waals surface area contributed by atoms with Crippen molar-refractivity contribution in [3.05, 3.63) is 88.7 Å². The Bertz CT molecular complexity index is 843. The molecule has 1 heterocycles. The van der Waals surface area contributed by atoms with Crippen LogP contribution in [0.2, 0.25) is 5.02 Å². The van der Waals surface area contributed by atoms with E-state index in [0.717, 1.165) is 46.4 Å². The van der Waals surface area contributed by atoms with Crippen LogP contribution in [0.25, 0.3) is 0 Å². The van der Waals surface area contributed by atoms with Gasteiger partial charge in [0.15, 0.2) is 11.5 Å². The molecule has 1 N–H and O–H groups in total. The second-order valence-electron chi connectivity index (χ2n) is 6.05. The Labute approximate surface area is 177 Å². The van der Waals surface area contributed by atoms with E-state index in [2.05, 4.69) is 10.3 Å².